The number of imidazole rings is 1. The predicted octanol–water partition coefficient (Wildman–Crippen LogP) is 5.26. The number of anilines is 1. The Balaban J connectivity index is 1.40. The third-order valence-corrected chi connectivity index (χ3v) is 6.32. The van der Waals surface area contributed by atoms with Gasteiger partial charge in [-0.15, -0.1) is 0 Å². The van der Waals surface area contributed by atoms with Gasteiger partial charge in [0, 0.05) is 30.6 Å². The van der Waals surface area contributed by atoms with Crippen molar-refractivity contribution in [3.05, 3.63) is 83.7 Å². The van der Waals surface area contributed by atoms with E-state index in [-0.39, 0.29) is 11.8 Å². The third kappa shape index (κ3) is 4.36. The second kappa shape index (κ2) is 9.21. The van der Waals surface area contributed by atoms with Crippen LogP contribution in [-0.2, 0) is 11.3 Å². The summed E-state index contributed by atoms with van der Waals surface area (Å²) >= 11 is 0. The van der Waals surface area contributed by atoms with Crippen LogP contribution in [-0.4, -0.2) is 35.7 Å². The Morgan fingerprint density at radius 2 is 1.76 bits per heavy atom. The third-order valence-electron chi connectivity index (χ3n) is 6.32. The molecule has 1 saturated heterocycles. The van der Waals surface area contributed by atoms with Gasteiger partial charge in [0.2, 0.25) is 5.91 Å². The van der Waals surface area contributed by atoms with Crippen molar-refractivity contribution in [1.29, 1.82) is 0 Å². The number of amides is 1. The van der Waals surface area contributed by atoms with Crippen LogP contribution in [0.3, 0.4) is 0 Å². The van der Waals surface area contributed by atoms with Gasteiger partial charge in [0.15, 0.2) is 0 Å². The molecule has 1 aliphatic heterocycles. The van der Waals surface area contributed by atoms with Crippen LogP contribution in [0.25, 0.3) is 11.0 Å². The molecule has 174 valence electrons. The van der Waals surface area contributed by atoms with Crippen LogP contribution in [0.4, 0.5) is 5.69 Å². The lowest BCUT2D eigenvalue weighted by molar-refractivity contribution is -0.117. The van der Waals surface area contributed by atoms with Crippen LogP contribution < -0.4 is 14.4 Å². The summed E-state index contributed by atoms with van der Waals surface area (Å²) in [5.41, 5.74) is 5.23. The Morgan fingerprint density at radius 1 is 0.971 bits per heavy atom. The molecular weight excluding hydrogens is 426 g/mol. The molecule has 0 unspecified atom stereocenters. The predicted molar refractivity (Wildman–Crippen MR) is 134 cm³/mol. The fourth-order valence-electron chi connectivity index (χ4n) is 4.82. The smallest absolute Gasteiger partial charge is 0.227 e. The average molecular weight is 456 g/mol. The molecule has 0 aliphatic carbocycles. The Labute approximate surface area is 199 Å². The number of nitrogens with zero attached hydrogens (tertiary/aromatic N) is 3. The maximum Gasteiger partial charge on any atom is 0.227 e. The van der Waals surface area contributed by atoms with Gasteiger partial charge in [0.05, 0.1) is 24.7 Å². The molecule has 6 nitrogen and oxygen atoms in total. The van der Waals surface area contributed by atoms with Crippen molar-refractivity contribution in [2.45, 2.75) is 32.7 Å². The first-order chi connectivity index (χ1) is 16.5. The van der Waals surface area contributed by atoms with Crippen LogP contribution in [0.5, 0.6) is 11.5 Å². The van der Waals surface area contributed by atoms with E-state index < -0.39 is 0 Å². The number of methoxy groups -OCH3 is 1. The number of carbonyl (C=O) groups is 1. The number of hydrogen-bond donors (Lipinski definition) is 0. The maximum absolute atomic E-state index is 13.0. The Kier molecular flexibility index (Phi) is 5.97. The fourth-order valence-corrected chi connectivity index (χ4v) is 4.82. The van der Waals surface area contributed by atoms with Crippen molar-refractivity contribution < 1.29 is 14.3 Å². The molecule has 5 rings (SSSR count). The van der Waals surface area contributed by atoms with Gasteiger partial charge in [0.25, 0.3) is 0 Å². The highest BCUT2D eigenvalue weighted by Gasteiger charge is 2.35. The van der Waals surface area contributed by atoms with Gasteiger partial charge >= 0.3 is 0 Å². The Hall–Kier alpha value is -3.80. The minimum Gasteiger partial charge on any atom is -0.497 e. The van der Waals surface area contributed by atoms with Crippen molar-refractivity contribution in [3.8, 4) is 11.5 Å². The monoisotopic (exact) mass is 455 g/mol. The van der Waals surface area contributed by atoms with Crippen LogP contribution in [0.2, 0.25) is 0 Å². The summed E-state index contributed by atoms with van der Waals surface area (Å²) in [5.74, 6) is 2.66. The van der Waals surface area contributed by atoms with Crippen molar-refractivity contribution in [2.75, 3.05) is 25.2 Å². The van der Waals surface area contributed by atoms with E-state index in [1.807, 2.05) is 47.4 Å². The lowest BCUT2D eigenvalue weighted by Gasteiger charge is -2.18. The number of hydrogen-bond acceptors (Lipinski definition) is 4. The summed E-state index contributed by atoms with van der Waals surface area (Å²) in [6.07, 6.45) is 0.429. The zero-order chi connectivity index (χ0) is 23.7. The summed E-state index contributed by atoms with van der Waals surface area (Å²) in [5, 5.41) is 0. The van der Waals surface area contributed by atoms with Gasteiger partial charge in [0.1, 0.15) is 23.9 Å². The number of aryl methyl sites for hydroxylation is 2. The molecular formula is C28H29N3O3. The molecule has 34 heavy (non-hydrogen) atoms. The first-order valence-corrected chi connectivity index (χ1v) is 11.6. The van der Waals surface area contributed by atoms with Crippen LogP contribution in [0, 0.1) is 13.8 Å². The normalized spacial score (nSPS) is 15.8. The summed E-state index contributed by atoms with van der Waals surface area (Å²) in [6, 6.07) is 22.0. The number of aromatic nitrogens is 2. The van der Waals surface area contributed by atoms with E-state index >= 15 is 0 Å². The standard InChI is InChI=1S/C28H29N3O3/c1-19-13-20(2)15-24(14-19)34-12-11-30-26-10-5-4-9-25(26)29-28(30)21-16-27(32)31(18-21)22-7-6-8-23(17-22)33-3/h4-10,13-15,17,21H,11-12,16,18H2,1-3H3/t21-/m0/s1. The average Bonchev–Trinajstić information content (AvgIpc) is 3.39. The number of carbonyl (C=O) groups excluding carboxylic acids is 1. The molecule has 1 atom stereocenters. The van der Waals surface area contributed by atoms with E-state index in [0.29, 0.717) is 26.1 Å². The second-order valence-electron chi connectivity index (χ2n) is 8.89. The molecule has 1 fully saturated rings. The number of rotatable bonds is 7. The minimum absolute atomic E-state index is 0.00677. The zero-order valence-corrected chi connectivity index (χ0v) is 19.8. The molecule has 3 aromatic carbocycles. The van der Waals surface area contributed by atoms with Gasteiger partial charge in [-0.25, -0.2) is 4.98 Å². The highest BCUT2D eigenvalue weighted by Crippen LogP contribution is 2.34. The van der Waals surface area contributed by atoms with Crippen LogP contribution in [0.1, 0.15) is 29.3 Å². The molecule has 2 heterocycles. The van der Waals surface area contributed by atoms with Gasteiger partial charge in [-0.05, 0) is 61.4 Å². The van der Waals surface area contributed by atoms with E-state index in [9.17, 15) is 4.79 Å². The molecule has 0 saturated carbocycles. The second-order valence-corrected chi connectivity index (χ2v) is 8.89. The quantitative estimate of drug-likeness (QED) is 0.381. The highest BCUT2D eigenvalue weighted by molar-refractivity contribution is 5.96. The van der Waals surface area contributed by atoms with Crippen molar-refractivity contribution >= 4 is 22.6 Å². The van der Waals surface area contributed by atoms with Gasteiger partial charge in [-0.3, -0.25) is 4.79 Å². The number of ether oxygens (including phenoxy) is 2. The van der Waals surface area contributed by atoms with Crippen LogP contribution in [0.15, 0.2) is 66.7 Å². The number of fused-ring (bicyclic) bond motifs is 1. The topological polar surface area (TPSA) is 56.6 Å². The summed E-state index contributed by atoms with van der Waals surface area (Å²) in [7, 11) is 1.64. The number of para-hydroxylation sites is 2. The SMILES string of the molecule is COc1cccc(N2C[C@@H](c3nc4ccccc4n3CCOc3cc(C)cc(C)c3)CC2=O)c1. The first kappa shape index (κ1) is 22.0. The highest BCUT2D eigenvalue weighted by atomic mass is 16.5. The maximum atomic E-state index is 13.0. The van der Waals surface area contributed by atoms with E-state index in [0.717, 1.165) is 34.0 Å². The molecule has 6 heteroatoms. The van der Waals surface area contributed by atoms with Gasteiger partial charge < -0.3 is 18.9 Å². The summed E-state index contributed by atoms with van der Waals surface area (Å²) < 4.78 is 13.7. The molecule has 4 aromatic rings. The molecule has 1 aromatic heterocycles. The van der Waals surface area contributed by atoms with Crippen molar-refractivity contribution in [1.82, 2.24) is 9.55 Å². The van der Waals surface area contributed by atoms with Crippen LogP contribution >= 0.6 is 0 Å². The Bertz CT molecular complexity index is 1320. The molecule has 0 spiro atoms. The zero-order valence-electron chi connectivity index (χ0n) is 19.8. The van der Waals surface area contributed by atoms with Gasteiger partial charge in [-0.2, -0.15) is 0 Å². The summed E-state index contributed by atoms with van der Waals surface area (Å²) in [6.45, 7) is 5.93. The van der Waals surface area contributed by atoms with E-state index in [2.05, 4.69) is 42.7 Å². The molecule has 1 amide bonds. The van der Waals surface area contributed by atoms with Crippen molar-refractivity contribution in [3.63, 3.8) is 0 Å². The molecule has 1 aliphatic rings. The fraction of sp³-hybridized carbons (Fsp3) is 0.286. The number of benzene rings is 3. The molecule has 0 bridgehead atoms. The summed E-state index contributed by atoms with van der Waals surface area (Å²) in [4.78, 5) is 19.8. The van der Waals surface area contributed by atoms with E-state index in [4.69, 9.17) is 14.5 Å². The van der Waals surface area contributed by atoms with E-state index in [1.54, 1.807) is 7.11 Å². The van der Waals surface area contributed by atoms with Crippen molar-refractivity contribution in [2.24, 2.45) is 0 Å². The minimum atomic E-state index is 0.00677. The lowest BCUT2D eigenvalue weighted by atomic mass is 10.1. The largest absolute Gasteiger partial charge is 0.497 e. The van der Waals surface area contributed by atoms with Gasteiger partial charge in [-0.1, -0.05) is 24.3 Å². The molecule has 0 radical (unpaired) electrons. The lowest BCUT2D eigenvalue weighted by Crippen LogP contribution is -2.24. The first-order valence-electron chi connectivity index (χ1n) is 11.6. The Morgan fingerprint density at radius 3 is 2.56 bits per heavy atom. The van der Waals surface area contributed by atoms with E-state index in [1.165, 1.54) is 11.1 Å². The molecule has 0 N–H and O–H groups in total.